The molecule has 0 aromatic heterocycles. The fraction of sp³-hybridized carbons (Fsp3) is 0.941. The summed E-state index contributed by atoms with van der Waals surface area (Å²) in [6.45, 7) is 10.4. The molecule has 1 fully saturated rings. The lowest BCUT2D eigenvalue weighted by atomic mass is 10.0. The molecule has 1 unspecified atom stereocenters. The molecule has 1 aliphatic heterocycles. The molecule has 1 heterocycles. The van der Waals surface area contributed by atoms with Crippen LogP contribution in [0, 0.1) is 0 Å². The van der Waals surface area contributed by atoms with E-state index in [2.05, 4.69) is 24.1 Å². The van der Waals surface area contributed by atoms with Gasteiger partial charge in [-0.3, -0.25) is 9.69 Å². The van der Waals surface area contributed by atoms with Crippen LogP contribution in [-0.2, 0) is 9.53 Å². The molecule has 0 aromatic rings. The minimum absolute atomic E-state index is 0.0513. The highest BCUT2D eigenvalue weighted by Gasteiger charge is 2.18. The maximum Gasteiger partial charge on any atom is 0.305 e. The zero-order valence-corrected chi connectivity index (χ0v) is 14.2. The molecule has 4 heteroatoms. The van der Waals surface area contributed by atoms with Crippen molar-refractivity contribution in [1.29, 1.82) is 0 Å². The van der Waals surface area contributed by atoms with Crippen molar-refractivity contribution in [2.75, 3.05) is 26.2 Å². The summed E-state index contributed by atoms with van der Waals surface area (Å²) in [5.74, 6) is -0.0513. The van der Waals surface area contributed by atoms with E-state index in [1.165, 1.54) is 32.2 Å². The van der Waals surface area contributed by atoms with Gasteiger partial charge in [0.25, 0.3) is 0 Å². The number of piperidine rings is 1. The summed E-state index contributed by atoms with van der Waals surface area (Å²) >= 11 is 0. The lowest BCUT2D eigenvalue weighted by Gasteiger charge is -2.33. The van der Waals surface area contributed by atoms with Crippen molar-refractivity contribution in [2.45, 2.75) is 77.8 Å². The zero-order valence-electron chi connectivity index (χ0n) is 14.2. The van der Waals surface area contributed by atoms with Crippen molar-refractivity contribution < 1.29 is 9.53 Å². The van der Waals surface area contributed by atoms with Crippen LogP contribution in [0.3, 0.4) is 0 Å². The van der Waals surface area contributed by atoms with E-state index in [0.29, 0.717) is 25.1 Å². The third-order valence-corrected chi connectivity index (χ3v) is 4.23. The third kappa shape index (κ3) is 8.42. The summed E-state index contributed by atoms with van der Waals surface area (Å²) in [5, 5.41) is 3.63. The number of hydrogen-bond donors (Lipinski definition) is 1. The van der Waals surface area contributed by atoms with E-state index in [1.54, 1.807) is 0 Å². The highest BCUT2D eigenvalue weighted by Crippen LogP contribution is 2.12. The summed E-state index contributed by atoms with van der Waals surface area (Å²) in [6.07, 6.45) is 7.80. The molecule has 1 aliphatic rings. The fourth-order valence-corrected chi connectivity index (χ4v) is 2.92. The van der Waals surface area contributed by atoms with Gasteiger partial charge >= 0.3 is 5.97 Å². The number of nitrogens with zero attached hydrogens (tertiary/aromatic N) is 1. The summed E-state index contributed by atoms with van der Waals surface area (Å²) in [5.41, 5.74) is 0. The van der Waals surface area contributed by atoms with Crippen molar-refractivity contribution >= 4 is 5.97 Å². The molecular weight excluding hydrogens is 264 g/mol. The number of nitrogens with one attached hydrogen (secondary N) is 1. The van der Waals surface area contributed by atoms with E-state index in [1.807, 2.05) is 6.92 Å². The molecule has 0 aliphatic carbocycles. The molecule has 124 valence electrons. The molecule has 4 nitrogen and oxygen atoms in total. The Bertz CT molecular complexity index is 276. The maximum absolute atomic E-state index is 11.3. The van der Waals surface area contributed by atoms with Crippen LogP contribution in [-0.4, -0.2) is 49.2 Å². The monoisotopic (exact) mass is 298 g/mol. The van der Waals surface area contributed by atoms with Gasteiger partial charge in [-0.05, 0) is 59.5 Å². The largest absolute Gasteiger partial charge is 0.466 e. The Hall–Kier alpha value is -0.610. The highest BCUT2D eigenvalue weighted by atomic mass is 16.5. The van der Waals surface area contributed by atoms with Gasteiger partial charge in [0, 0.05) is 25.0 Å². The average Bonchev–Trinajstić information content (AvgIpc) is 2.47. The van der Waals surface area contributed by atoms with Crippen LogP contribution in [0.4, 0.5) is 0 Å². The molecule has 1 rings (SSSR count). The second-order valence-electron chi connectivity index (χ2n) is 6.35. The minimum atomic E-state index is -0.0513. The highest BCUT2D eigenvalue weighted by molar-refractivity contribution is 5.69. The lowest BCUT2D eigenvalue weighted by Crippen LogP contribution is -2.46. The van der Waals surface area contributed by atoms with Crippen LogP contribution in [0.1, 0.15) is 65.7 Å². The van der Waals surface area contributed by atoms with Crippen molar-refractivity contribution in [3.05, 3.63) is 0 Å². The molecule has 1 saturated heterocycles. The van der Waals surface area contributed by atoms with Gasteiger partial charge in [-0.15, -0.1) is 0 Å². The van der Waals surface area contributed by atoms with E-state index in [0.717, 1.165) is 25.9 Å². The Morgan fingerprint density at radius 3 is 2.71 bits per heavy atom. The molecule has 0 aromatic carbocycles. The third-order valence-electron chi connectivity index (χ3n) is 4.23. The zero-order chi connectivity index (χ0) is 15.5. The molecule has 1 atom stereocenters. The average molecular weight is 298 g/mol. The van der Waals surface area contributed by atoms with Crippen molar-refractivity contribution in [2.24, 2.45) is 0 Å². The molecule has 0 radical (unpaired) electrons. The number of esters is 1. The molecule has 1 N–H and O–H groups in total. The predicted octanol–water partition coefficient (Wildman–Crippen LogP) is 2.96. The first kappa shape index (κ1) is 18.4. The van der Waals surface area contributed by atoms with Gasteiger partial charge in [0.05, 0.1) is 6.61 Å². The second-order valence-corrected chi connectivity index (χ2v) is 6.35. The van der Waals surface area contributed by atoms with E-state index in [4.69, 9.17) is 4.74 Å². The number of hydrogen-bond acceptors (Lipinski definition) is 4. The standard InChI is InChI=1S/C17H34N2O2/c1-4-21-17(20)11-6-5-9-13-19(15(2)3)14-16-10-7-8-12-18-16/h15-16,18H,4-14H2,1-3H3. The van der Waals surface area contributed by atoms with E-state index in [-0.39, 0.29) is 5.97 Å². The van der Waals surface area contributed by atoms with E-state index in [9.17, 15) is 4.79 Å². The summed E-state index contributed by atoms with van der Waals surface area (Å²) in [6, 6.07) is 1.26. The van der Waals surface area contributed by atoms with Gasteiger partial charge in [-0.25, -0.2) is 0 Å². The maximum atomic E-state index is 11.3. The quantitative estimate of drug-likeness (QED) is 0.497. The molecule has 0 spiro atoms. The fourth-order valence-electron chi connectivity index (χ4n) is 2.92. The van der Waals surface area contributed by atoms with Crippen LogP contribution in [0.5, 0.6) is 0 Å². The normalized spacial score (nSPS) is 19.2. The SMILES string of the molecule is CCOC(=O)CCCCCN(CC1CCCCN1)C(C)C. The van der Waals surface area contributed by atoms with Crippen LogP contribution in [0.15, 0.2) is 0 Å². The summed E-state index contributed by atoms with van der Waals surface area (Å²) in [4.78, 5) is 13.8. The number of rotatable bonds is 10. The Labute approximate surface area is 130 Å². The number of ether oxygens (including phenoxy) is 1. The number of carbonyl (C=O) groups excluding carboxylic acids is 1. The van der Waals surface area contributed by atoms with E-state index >= 15 is 0 Å². The Balaban J connectivity index is 2.14. The van der Waals surface area contributed by atoms with Crippen LogP contribution in [0.25, 0.3) is 0 Å². The Morgan fingerprint density at radius 1 is 1.29 bits per heavy atom. The van der Waals surface area contributed by atoms with Crippen LogP contribution >= 0.6 is 0 Å². The molecule has 21 heavy (non-hydrogen) atoms. The predicted molar refractivity (Wildman–Crippen MR) is 87.5 cm³/mol. The van der Waals surface area contributed by atoms with Gasteiger partial charge < -0.3 is 10.1 Å². The molecule has 0 saturated carbocycles. The summed E-state index contributed by atoms with van der Waals surface area (Å²) < 4.78 is 4.95. The van der Waals surface area contributed by atoms with Crippen LogP contribution < -0.4 is 5.32 Å². The van der Waals surface area contributed by atoms with Crippen molar-refractivity contribution in [3.63, 3.8) is 0 Å². The first-order chi connectivity index (χ1) is 10.1. The number of carbonyl (C=O) groups is 1. The molecule has 0 amide bonds. The Morgan fingerprint density at radius 2 is 2.10 bits per heavy atom. The topological polar surface area (TPSA) is 41.6 Å². The number of unbranched alkanes of at least 4 members (excludes halogenated alkanes) is 2. The van der Waals surface area contributed by atoms with Gasteiger partial charge in [-0.2, -0.15) is 0 Å². The molecule has 0 bridgehead atoms. The van der Waals surface area contributed by atoms with Gasteiger partial charge in [0.2, 0.25) is 0 Å². The minimum Gasteiger partial charge on any atom is -0.466 e. The van der Waals surface area contributed by atoms with Gasteiger partial charge in [-0.1, -0.05) is 12.8 Å². The lowest BCUT2D eigenvalue weighted by molar-refractivity contribution is -0.143. The van der Waals surface area contributed by atoms with Gasteiger partial charge in [0.15, 0.2) is 0 Å². The first-order valence-electron chi connectivity index (χ1n) is 8.76. The van der Waals surface area contributed by atoms with E-state index < -0.39 is 0 Å². The Kier molecular flexibility index (Phi) is 9.68. The molecular formula is C17H34N2O2. The first-order valence-corrected chi connectivity index (χ1v) is 8.76. The van der Waals surface area contributed by atoms with Crippen molar-refractivity contribution in [3.8, 4) is 0 Å². The summed E-state index contributed by atoms with van der Waals surface area (Å²) in [7, 11) is 0. The van der Waals surface area contributed by atoms with Crippen molar-refractivity contribution in [1.82, 2.24) is 10.2 Å². The van der Waals surface area contributed by atoms with Gasteiger partial charge in [0.1, 0.15) is 0 Å². The van der Waals surface area contributed by atoms with Crippen LogP contribution in [0.2, 0.25) is 0 Å². The smallest absolute Gasteiger partial charge is 0.305 e. The second kappa shape index (κ2) is 11.0.